The monoisotopic (exact) mass is 446 g/mol. The lowest BCUT2D eigenvalue weighted by Crippen LogP contribution is -2.32. The minimum atomic E-state index is -0.349. The number of imide groups is 1. The Morgan fingerprint density at radius 2 is 1.38 bits per heavy atom. The highest BCUT2D eigenvalue weighted by molar-refractivity contribution is 6.46. The van der Waals surface area contributed by atoms with Crippen molar-refractivity contribution in [2.75, 3.05) is 10.2 Å². The zero-order valence-electron chi connectivity index (χ0n) is 19.8. The van der Waals surface area contributed by atoms with Gasteiger partial charge in [-0.1, -0.05) is 66.2 Å². The standard InChI is InChI=1S/C30H26N2O2/c1-18-12-13-24(21(4)15-18)27-28(31-26-11-7-9-22-8-5-6-10-25(22)26)30(34)32(29(27)33)23-16-19(2)14-20(3)17-23/h5-17,31H,1-4H3. The van der Waals surface area contributed by atoms with Crippen molar-refractivity contribution in [2.45, 2.75) is 27.7 Å². The predicted octanol–water partition coefficient (Wildman–Crippen LogP) is 6.47. The van der Waals surface area contributed by atoms with Crippen molar-refractivity contribution >= 4 is 39.5 Å². The van der Waals surface area contributed by atoms with Gasteiger partial charge in [-0.3, -0.25) is 9.59 Å². The Morgan fingerprint density at radius 3 is 2.12 bits per heavy atom. The molecule has 0 bridgehead atoms. The molecule has 2 amide bonds. The number of nitrogens with zero attached hydrogens (tertiary/aromatic N) is 1. The molecule has 1 N–H and O–H groups in total. The van der Waals surface area contributed by atoms with Crippen molar-refractivity contribution in [1.82, 2.24) is 0 Å². The molecule has 1 aliphatic heterocycles. The molecule has 4 heteroatoms. The molecular weight excluding hydrogens is 420 g/mol. The number of hydrogen-bond donors (Lipinski definition) is 1. The van der Waals surface area contributed by atoms with Gasteiger partial charge in [-0.25, -0.2) is 4.90 Å². The summed E-state index contributed by atoms with van der Waals surface area (Å²) < 4.78 is 0. The average Bonchev–Trinajstić information content (AvgIpc) is 3.03. The first kappa shape index (κ1) is 21.7. The van der Waals surface area contributed by atoms with Gasteiger partial charge < -0.3 is 5.32 Å². The molecule has 0 saturated heterocycles. The van der Waals surface area contributed by atoms with E-state index in [0.29, 0.717) is 17.0 Å². The summed E-state index contributed by atoms with van der Waals surface area (Å²) in [5, 5.41) is 5.40. The molecule has 4 nitrogen and oxygen atoms in total. The number of anilines is 2. The van der Waals surface area contributed by atoms with Gasteiger partial charge in [-0.15, -0.1) is 0 Å². The largest absolute Gasteiger partial charge is 0.350 e. The van der Waals surface area contributed by atoms with Crippen LogP contribution in [0.15, 0.2) is 84.6 Å². The number of benzene rings is 4. The molecule has 0 unspecified atom stereocenters. The van der Waals surface area contributed by atoms with E-state index in [1.165, 1.54) is 4.90 Å². The summed E-state index contributed by atoms with van der Waals surface area (Å²) in [4.78, 5) is 29.0. The van der Waals surface area contributed by atoms with Crippen molar-refractivity contribution in [3.8, 4) is 0 Å². The van der Waals surface area contributed by atoms with Crippen LogP contribution in [0.1, 0.15) is 27.8 Å². The maximum absolute atomic E-state index is 13.8. The molecule has 168 valence electrons. The smallest absolute Gasteiger partial charge is 0.282 e. The van der Waals surface area contributed by atoms with Gasteiger partial charge in [0.05, 0.1) is 11.3 Å². The molecule has 34 heavy (non-hydrogen) atoms. The second kappa shape index (κ2) is 8.31. The fourth-order valence-corrected chi connectivity index (χ4v) is 4.77. The number of nitrogens with one attached hydrogen (secondary N) is 1. The average molecular weight is 447 g/mol. The van der Waals surface area contributed by atoms with Crippen molar-refractivity contribution in [3.05, 3.63) is 112 Å². The first-order valence-corrected chi connectivity index (χ1v) is 11.4. The lowest BCUT2D eigenvalue weighted by Gasteiger charge is -2.17. The summed E-state index contributed by atoms with van der Waals surface area (Å²) in [5.41, 5.74) is 6.89. The van der Waals surface area contributed by atoms with Gasteiger partial charge in [0.2, 0.25) is 0 Å². The van der Waals surface area contributed by atoms with Crippen LogP contribution in [0.3, 0.4) is 0 Å². The van der Waals surface area contributed by atoms with Crippen molar-refractivity contribution in [1.29, 1.82) is 0 Å². The van der Waals surface area contributed by atoms with Gasteiger partial charge in [0, 0.05) is 11.1 Å². The van der Waals surface area contributed by atoms with Gasteiger partial charge in [0.15, 0.2) is 0 Å². The normalized spacial score (nSPS) is 13.8. The van der Waals surface area contributed by atoms with Gasteiger partial charge >= 0.3 is 0 Å². The molecular formula is C30H26N2O2. The third kappa shape index (κ3) is 3.67. The maximum atomic E-state index is 13.8. The Hall–Kier alpha value is -4.18. The van der Waals surface area contributed by atoms with E-state index in [1.54, 1.807) is 0 Å². The Bertz CT molecular complexity index is 1490. The van der Waals surface area contributed by atoms with E-state index in [-0.39, 0.29) is 11.8 Å². The summed E-state index contributed by atoms with van der Waals surface area (Å²) in [7, 11) is 0. The number of fused-ring (bicyclic) bond motifs is 1. The lowest BCUT2D eigenvalue weighted by atomic mass is 9.97. The zero-order valence-corrected chi connectivity index (χ0v) is 19.8. The molecule has 4 aromatic rings. The Balaban J connectivity index is 1.70. The first-order chi connectivity index (χ1) is 16.3. The van der Waals surface area contributed by atoms with Crippen LogP contribution >= 0.6 is 0 Å². The fraction of sp³-hybridized carbons (Fsp3) is 0.133. The number of aryl methyl sites for hydroxylation is 4. The second-order valence-electron chi connectivity index (χ2n) is 9.01. The Kier molecular flexibility index (Phi) is 5.29. The van der Waals surface area contributed by atoms with Crippen LogP contribution in [0.25, 0.3) is 16.3 Å². The SMILES string of the molecule is Cc1cc(C)cc(N2C(=O)C(Nc3cccc4ccccc34)=C(c3ccc(C)cc3C)C2=O)c1. The van der Waals surface area contributed by atoms with Crippen LogP contribution in [0.2, 0.25) is 0 Å². The van der Waals surface area contributed by atoms with Crippen molar-refractivity contribution in [3.63, 3.8) is 0 Å². The van der Waals surface area contributed by atoms with Crippen LogP contribution in [0.4, 0.5) is 11.4 Å². The number of amides is 2. The third-order valence-electron chi connectivity index (χ3n) is 6.25. The van der Waals surface area contributed by atoms with Crippen molar-refractivity contribution in [2.24, 2.45) is 0 Å². The summed E-state index contributed by atoms with van der Waals surface area (Å²) in [6, 6.07) is 25.6. The summed E-state index contributed by atoms with van der Waals surface area (Å²) >= 11 is 0. The maximum Gasteiger partial charge on any atom is 0.282 e. The molecule has 0 aromatic heterocycles. The van der Waals surface area contributed by atoms with E-state index < -0.39 is 0 Å². The van der Waals surface area contributed by atoms with Crippen LogP contribution < -0.4 is 10.2 Å². The molecule has 0 radical (unpaired) electrons. The molecule has 4 aromatic carbocycles. The molecule has 5 rings (SSSR count). The van der Waals surface area contributed by atoms with E-state index in [1.807, 2.05) is 107 Å². The predicted molar refractivity (Wildman–Crippen MR) is 139 cm³/mol. The lowest BCUT2D eigenvalue weighted by molar-refractivity contribution is -0.120. The van der Waals surface area contributed by atoms with Crippen LogP contribution in [-0.4, -0.2) is 11.8 Å². The van der Waals surface area contributed by atoms with Crippen LogP contribution in [-0.2, 0) is 9.59 Å². The molecule has 1 aliphatic rings. The van der Waals surface area contributed by atoms with Crippen molar-refractivity contribution < 1.29 is 9.59 Å². The fourth-order valence-electron chi connectivity index (χ4n) is 4.77. The first-order valence-electron chi connectivity index (χ1n) is 11.4. The van der Waals surface area contributed by atoms with Gasteiger partial charge in [0.25, 0.3) is 11.8 Å². The van der Waals surface area contributed by atoms with E-state index in [2.05, 4.69) is 5.32 Å². The van der Waals surface area contributed by atoms with Gasteiger partial charge in [0.1, 0.15) is 5.70 Å². The van der Waals surface area contributed by atoms with Crippen LogP contribution in [0.5, 0.6) is 0 Å². The number of carbonyl (C=O) groups is 2. The molecule has 0 atom stereocenters. The molecule has 0 spiro atoms. The highest BCUT2D eigenvalue weighted by Gasteiger charge is 2.41. The molecule has 1 heterocycles. The van der Waals surface area contributed by atoms with Gasteiger partial charge in [-0.05, 0) is 73.5 Å². The summed E-state index contributed by atoms with van der Waals surface area (Å²) in [6.07, 6.45) is 0. The van der Waals surface area contributed by atoms with Gasteiger partial charge in [-0.2, -0.15) is 0 Å². The minimum Gasteiger partial charge on any atom is -0.350 e. The van der Waals surface area contributed by atoms with E-state index in [0.717, 1.165) is 44.3 Å². The topological polar surface area (TPSA) is 49.4 Å². The molecule has 0 fully saturated rings. The Morgan fingerprint density at radius 1 is 0.676 bits per heavy atom. The highest BCUT2D eigenvalue weighted by atomic mass is 16.2. The summed E-state index contributed by atoms with van der Waals surface area (Å²) in [5.74, 6) is -0.664. The van der Waals surface area contributed by atoms with E-state index >= 15 is 0 Å². The number of hydrogen-bond acceptors (Lipinski definition) is 3. The second-order valence-corrected chi connectivity index (χ2v) is 9.01. The Labute approximate surface area is 199 Å². The number of rotatable bonds is 4. The van der Waals surface area contributed by atoms with E-state index in [4.69, 9.17) is 0 Å². The van der Waals surface area contributed by atoms with Crippen LogP contribution in [0, 0.1) is 27.7 Å². The summed E-state index contributed by atoms with van der Waals surface area (Å²) in [6.45, 7) is 7.93. The highest BCUT2D eigenvalue weighted by Crippen LogP contribution is 2.37. The third-order valence-corrected chi connectivity index (χ3v) is 6.25. The number of carbonyl (C=O) groups excluding carboxylic acids is 2. The quantitative estimate of drug-likeness (QED) is 0.366. The van der Waals surface area contributed by atoms with E-state index in [9.17, 15) is 9.59 Å². The zero-order chi connectivity index (χ0) is 24.0. The molecule has 0 saturated carbocycles. The minimum absolute atomic E-state index is 0.299. The molecule has 0 aliphatic carbocycles.